The van der Waals surface area contributed by atoms with Gasteiger partial charge in [0, 0.05) is 25.1 Å². The van der Waals surface area contributed by atoms with Gasteiger partial charge in [0.2, 0.25) is 0 Å². The van der Waals surface area contributed by atoms with Gasteiger partial charge in [-0.15, -0.1) is 0 Å². The van der Waals surface area contributed by atoms with E-state index in [1.54, 1.807) is 0 Å². The summed E-state index contributed by atoms with van der Waals surface area (Å²) in [6.07, 6.45) is 3.65. The van der Waals surface area contributed by atoms with Crippen LogP contribution in [-0.2, 0) is 4.74 Å². The van der Waals surface area contributed by atoms with Crippen LogP contribution in [0.4, 0.5) is 0 Å². The normalized spacial score (nSPS) is 36.8. The number of piperidine rings is 1. The molecular weight excluding hydrogens is 202 g/mol. The molecule has 2 N–H and O–H groups in total. The Bertz CT molecular complexity index is 406. The van der Waals surface area contributed by atoms with Crippen molar-refractivity contribution in [3.8, 4) is 0 Å². The fourth-order valence-corrected chi connectivity index (χ4v) is 2.78. The number of nitrogens with two attached hydrogens (primary N) is 1. The first kappa shape index (κ1) is 9.94. The molecule has 4 nitrogen and oxygen atoms in total. The molecule has 0 aromatic heterocycles. The van der Waals surface area contributed by atoms with Crippen LogP contribution in [0.25, 0.3) is 0 Å². The van der Waals surface area contributed by atoms with E-state index in [9.17, 15) is 0 Å². The largest absolute Gasteiger partial charge is 0.486 e. The van der Waals surface area contributed by atoms with Crippen molar-refractivity contribution in [1.29, 1.82) is 0 Å². The number of hydrogen-bond acceptors (Lipinski definition) is 3. The minimum absolute atomic E-state index is 0.337. The van der Waals surface area contributed by atoms with Gasteiger partial charge in [-0.25, -0.2) is 0 Å². The average Bonchev–Trinajstić information content (AvgIpc) is 2.84. The van der Waals surface area contributed by atoms with Gasteiger partial charge in [-0.1, -0.05) is 0 Å². The Balaban J connectivity index is 1.70. The van der Waals surface area contributed by atoms with Crippen molar-refractivity contribution in [1.82, 2.24) is 4.90 Å². The van der Waals surface area contributed by atoms with E-state index in [-0.39, 0.29) is 0 Å². The van der Waals surface area contributed by atoms with Crippen molar-refractivity contribution in [2.75, 3.05) is 33.2 Å². The summed E-state index contributed by atoms with van der Waals surface area (Å²) in [5.74, 6) is 4.60. The van der Waals surface area contributed by atoms with Gasteiger partial charge in [0.15, 0.2) is 23.9 Å². The summed E-state index contributed by atoms with van der Waals surface area (Å²) in [5.41, 5.74) is 6.53. The molecule has 2 bridgehead atoms. The molecule has 0 amide bonds. The third-order valence-corrected chi connectivity index (χ3v) is 3.68. The first-order valence-electron chi connectivity index (χ1n) is 5.92. The van der Waals surface area contributed by atoms with Crippen LogP contribution < -0.4 is 5.73 Å². The van der Waals surface area contributed by atoms with Crippen LogP contribution in [0.2, 0.25) is 0 Å². The van der Waals surface area contributed by atoms with Crippen LogP contribution >= 0.6 is 0 Å². The average molecular weight is 220 g/mol. The lowest BCUT2D eigenvalue weighted by Crippen LogP contribution is -2.31. The Hall–Kier alpha value is -1.25. The van der Waals surface area contributed by atoms with Crippen molar-refractivity contribution < 1.29 is 9.31 Å². The van der Waals surface area contributed by atoms with Crippen molar-refractivity contribution in [2.24, 2.45) is 11.7 Å². The summed E-state index contributed by atoms with van der Waals surface area (Å²) < 4.78 is 7.95. The number of likely N-dealkylation sites (N-methyl/N-ethyl adjacent to an activating group) is 1. The van der Waals surface area contributed by atoms with E-state index in [4.69, 9.17) is 10.5 Å². The Labute approximate surface area is 95.7 Å². The van der Waals surface area contributed by atoms with E-state index >= 15 is 0 Å². The van der Waals surface area contributed by atoms with Crippen molar-refractivity contribution in [3.63, 3.8) is 0 Å². The maximum atomic E-state index is 6.02. The maximum Gasteiger partial charge on any atom is 0.197 e. The smallest absolute Gasteiger partial charge is 0.197 e. The zero-order chi connectivity index (χ0) is 11.1. The molecule has 3 rings (SSSR count). The van der Waals surface area contributed by atoms with E-state index in [2.05, 4.69) is 10.8 Å². The van der Waals surface area contributed by atoms with E-state index in [0.717, 1.165) is 18.8 Å². The highest BCUT2D eigenvalue weighted by Crippen LogP contribution is 2.31. The monoisotopic (exact) mass is 220 g/mol. The van der Waals surface area contributed by atoms with E-state index in [1.165, 1.54) is 19.5 Å². The Kier molecular flexibility index (Phi) is 2.27. The highest BCUT2D eigenvalue weighted by Gasteiger charge is 2.40. The minimum atomic E-state index is 0.337. The number of fused-ring (bicyclic) bond motifs is 2. The molecule has 3 atom stereocenters. The molecule has 3 aliphatic rings. The molecule has 0 saturated carbocycles. The zero-order valence-corrected chi connectivity index (χ0v) is 9.65. The first-order chi connectivity index (χ1) is 7.72. The second kappa shape index (κ2) is 3.65. The highest BCUT2D eigenvalue weighted by molar-refractivity contribution is 5.59. The predicted molar refractivity (Wildman–Crippen MR) is 61.3 cm³/mol. The van der Waals surface area contributed by atoms with Crippen LogP contribution in [0.3, 0.4) is 0 Å². The molecule has 86 valence electrons. The van der Waals surface area contributed by atoms with E-state index < -0.39 is 0 Å². The van der Waals surface area contributed by atoms with Crippen molar-refractivity contribution in [3.05, 3.63) is 17.5 Å². The number of nitrogens with zero attached hydrogens (tertiary/aromatic N) is 2. The fraction of sp³-hybridized carbons (Fsp3) is 0.667. The fourth-order valence-electron chi connectivity index (χ4n) is 2.78. The standard InChI is InChI=1S/C12H18N3O/c1-14-4-3-11(10(13)7-14)16-12-8-15-5-2-9(12)6-15/h3,9,12H,2,4-6,8,13H2,1H3/q+1. The molecule has 0 radical (unpaired) electrons. The van der Waals surface area contributed by atoms with Crippen LogP contribution in [0.5, 0.6) is 0 Å². The third kappa shape index (κ3) is 1.64. The van der Waals surface area contributed by atoms with E-state index in [1.807, 2.05) is 17.7 Å². The number of ether oxygens (including phenoxy) is 1. The molecule has 3 unspecified atom stereocenters. The lowest BCUT2D eigenvalue weighted by atomic mass is 10.0. The summed E-state index contributed by atoms with van der Waals surface area (Å²) in [7, 11) is 1.96. The molecule has 0 aliphatic carbocycles. The van der Waals surface area contributed by atoms with Gasteiger partial charge in [-0.2, -0.15) is 4.58 Å². The summed E-state index contributed by atoms with van der Waals surface area (Å²) in [6.45, 7) is 4.33. The van der Waals surface area contributed by atoms with Crippen LogP contribution in [-0.4, -0.2) is 54.7 Å². The summed E-state index contributed by atoms with van der Waals surface area (Å²) in [5, 5.41) is 0. The van der Waals surface area contributed by atoms with Gasteiger partial charge in [0.1, 0.15) is 13.2 Å². The topological polar surface area (TPSA) is 41.5 Å². The van der Waals surface area contributed by atoms with Crippen LogP contribution in [0.15, 0.2) is 17.5 Å². The van der Waals surface area contributed by atoms with E-state index in [0.29, 0.717) is 17.7 Å². The molecule has 4 heteroatoms. The highest BCUT2D eigenvalue weighted by atomic mass is 16.5. The second-order valence-electron chi connectivity index (χ2n) is 4.94. The molecule has 3 aliphatic heterocycles. The van der Waals surface area contributed by atoms with Crippen molar-refractivity contribution >= 4 is 5.87 Å². The quantitative estimate of drug-likeness (QED) is 0.653. The third-order valence-electron chi connectivity index (χ3n) is 3.68. The predicted octanol–water partition coefficient (Wildman–Crippen LogP) is -0.241. The molecule has 0 aromatic rings. The molecule has 2 saturated heterocycles. The van der Waals surface area contributed by atoms with Gasteiger partial charge in [-0.05, 0) is 13.0 Å². The molecule has 0 spiro atoms. The number of hydrogen-bond donors (Lipinski definition) is 1. The van der Waals surface area contributed by atoms with Crippen molar-refractivity contribution in [2.45, 2.75) is 12.5 Å². The summed E-state index contributed by atoms with van der Waals surface area (Å²) in [6, 6.07) is 0. The first-order valence-corrected chi connectivity index (χ1v) is 5.92. The summed E-state index contributed by atoms with van der Waals surface area (Å²) >= 11 is 0. The SMILES string of the molecule is C[N+]1=C=C(N)C(OC2CN3CCC2C3)=CC1. The molecular formula is C12H18N3O+. The number of rotatable bonds is 2. The zero-order valence-electron chi connectivity index (χ0n) is 9.65. The minimum Gasteiger partial charge on any atom is -0.486 e. The van der Waals surface area contributed by atoms with Gasteiger partial charge >= 0.3 is 0 Å². The maximum absolute atomic E-state index is 6.02. The summed E-state index contributed by atoms with van der Waals surface area (Å²) in [4.78, 5) is 2.47. The lowest BCUT2D eigenvalue weighted by Gasteiger charge is -2.24. The van der Waals surface area contributed by atoms with Gasteiger partial charge in [-0.3, -0.25) is 4.90 Å². The molecule has 16 heavy (non-hydrogen) atoms. The lowest BCUT2D eigenvalue weighted by molar-refractivity contribution is -0.480. The molecule has 3 heterocycles. The Morgan fingerprint density at radius 3 is 3.06 bits per heavy atom. The second-order valence-corrected chi connectivity index (χ2v) is 4.94. The van der Waals surface area contributed by atoms with Crippen LogP contribution in [0.1, 0.15) is 6.42 Å². The van der Waals surface area contributed by atoms with Gasteiger partial charge in [0.25, 0.3) is 0 Å². The Morgan fingerprint density at radius 2 is 2.44 bits per heavy atom. The van der Waals surface area contributed by atoms with Gasteiger partial charge in [0.05, 0.1) is 0 Å². The molecule has 2 fully saturated rings. The van der Waals surface area contributed by atoms with Gasteiger partial charge < -0.3 is 10.5 Å². The molecule has 0 aromatic carbocycles. The van der Waals surface area contributed by atoms with Crippen LogP contribution in [0, 0.1) is 5.92 Å². The Morgan fingerprint density at radius 1 is 1.56 bits per heavy atom.